The minimum Gasteiger partial charge on any atom is -0.396 e. The predicted molar refractivity (Wildman–Crippen MR) is 80.2 cm³/mol. The van der Waals surface area contributed by atoms with Crippen molar-refractivity contribution >= 4 is 0 Å². The molecule has 2 N–H and O–H groups in total. The van der Waals surface area contributed by atoms with Crippen LogP contribution < -0.4 is 5.32 Å². The molecule has 0 amide bonds. The molecule has 0 bridgehead atoms. The van der Waals surface area contributed by atoms with Crippen LogP contribution in [0.2, 0.25) is 0 Å². The van der Waals surface area contributed by atoms with Crippen LogP contribution in [-0.2, 0) is 0 Å². The van der Waals surface area contributed by atoms with Crippen LogP contribution in [0.1, 0.15) is 46.0 Å². The van der Waals surface area contributed by atoms with Gasteiger partial charge >= 0.3 is 0 Å². The smallest absolute Gasteiger partial charge is 0.0460 e. The summed E-state index contributed by atoms with van der Waals surface area (Å²) in [5, 5.41) is 12.8. The first-order valence-corrected chi connectivity index (χ1v) is 8.07. The summed E-state index contributed by atoms with van der Waals surface area (Å²) >= 11 is 0. The van der Waals surface area contributed by atoms with Crippen molar-refractivity contribution in [3.63, 3.8) is 0 Å². The van der Waals surface area contributed by atoms with E-state index in [2.05, 4.69) is 31.1 Å². The van der Waals surface area contributed by atoms with E-state index >= 15 is 0 Å². The zero-order chi connectivity index (χ0) is 13.9. The molecular weight excluding hydrogens is 236 g/mol. The van der Waals surface area contributed by atoms with Crippen molar-refractivity contribution in [1.82, 2.24) is 10.2 Å². The second kappa shape index (κ2) is 6.55. The van der Waals surface area contributed by atoms with Crippen LogP contribution in [0.5, 0.6) is 0 Å². The van der Waals surface area contributed by atoms with Gasteiger partial charge in [-0.25, -0.2) is 0 Å². The molecule has 1 aliphatic heterocycles. The number of aliphatic hydroxyl groups excluding tert-OH is 1. The largest absolute Gasteiger partial charge is 0.396 e. The first-order chi connectivity index (χ1) is 9.06. The van der Waals surface area contributed by atoms with Crippen LogP contribution >= 0.6 is 0 Å². The summed E-state index contributed by atoms with van der Waals surface area (Å²) < 4.78 is 0. The van der Waals surface area contributed by atoms with E-state index in [4.69, 9.17) is 0 Å². The molecule has 2 rings (SSSR count). The van der Waals surface area contributed by atoms with E-state index < -0.39 is 0 Å². The van der Waals surface area contributed by atoms with Crippen molar-refractivity contribution in [1.29, 1.82) is 0 Å². The molecule has 3 nitrogen and oxygen atoms in total. The quantitative estimate of drug-likeness (QED) is 0.820. The Bertz CT molecular complexity index is 272. The van der Waals surface area contributed by atoms with Gasteiger partial charge in [-0.2, -0.15) is 0 Å². The van der Waals surface area contributed by atoms with Crippen molar-refractivity contribution in [2.75, 3.05) is 33.3 Å². The molecule has 0 radical (unpaired) electrons. The predicted octanol–water partition coefficient (Wildman–Crippen LogP) is 2.10. The maximum atomic E-state index is 9.22. The summed E-state index contributed by atoms with van der Waals surface area (Å²) in [5.41, 5.74) is 0.432. The van der Waals surface area contributed by atoms with Crippen LogP contribution in [0, 0.1) is 17.3 Å². The monoisotopic (exact) mass is 268 g/mol. The van der Waals surface area contributed by atoms with Gasteiger partial charge in [-0.3, -0.25) is 0 Å². The third kappa shape index (κ3) is 3.71. The van der Waals surface area contributed by atoms with Crippen LogP contribution in [0.15, 0.2) is 0 Å². The molecule has 2 unspecified atom stereocenters. The van der Waals surface area contributed by atoms with E-state index in [1.54, 1.807) is 0 Å². The van der Waals surface area contributed by atoms with E-state index in [1.807, 2.05) is 0 Å². The molecule has 0 aromatic heterocycles. The maximum Gasteiger partial charge on any atom is 0.0460 e. The highest BCUT2D eigenvalue weighted by Gasteiger charge is 2.38. The number of piperidine rings is 1. The zero-order valence-electron chi connectivity index (χ0n) is 13.0. The number of nitrogens with zero attached hydrogens (tertiary/aromatic N) is 1. The molecule has 0 aromatic carbocycles. The minimum absolute atomic E-state index is 0.378. The van der Waals surface area contributed by atoms with Gasteiger partial charge in [0.2, 0.25) is 0 Å². The fraction of sp³-hybridized carbons (Fsp3) is 1.00. The number of hydrogen-bond acceptors (Lipinski definition) is 3. The lowest BCUT2D eigenvalue weighted by molar-refractivity contribution is 0.0633. The Kier molecular flexibility index (Phi) is 5.27. The Morgan fingerprint density at radius 3 is 2.47 bits per heavy atom. The van der Waals surface area contributed by atoms with Gasteiger partial charge in [-0.1, -0.05) is 20.3 Å². The van der Waals surface area contributed by atoms with E-state index in [9.17, 15) is 5.11 Å². The fourth-order valence-electron chi connectivity index (χ4n) is 4.29. The average molecular weight is 268 g/mol. The molecule has 0 aromatic rings. The van der Waals surface area contributed by atoms with Crippen molar-refractivity contribution in [3.8, 4) is 0 Å². The maximum absolute atomic E-state index is 9.22. The fourth-order valence-corrected chi connectivity index (χ4v) is 4.29. The zero-order valence-corrected chi connectivity index (χ0v) is 13.0. The number of nitrogens with one attached hydrogen (secondary N) is 1. The molecule has 112 valence electrons. The molecule has 2 fully saturated rings. The normalized spacial score (nSPS) is 33.5. The number of aliphatic hydroxyl groups is 1. The lowest BCUT2D eigenvalue weighted by Gasteiger charge is -2.46. The third-order valence-electron chi connectivity index (χ3n) is 5.48. The van der Waals surface area contributed by atoms with Crippen molar-refractivity contribution in [3.05, 3.63) is 0 Å². The SMILES string of the molecule is CNC1C(CN2CCC(CO)CC2)CCCC1(C)C. The lowest BCUT2D eigenvalue weighted by atomic mass is 9.67. The standard InChI is InChI=1S/C16H32N2O/c1-16(2)8-4-5-14(15(16)17-3)11-18-9-6-13(12-19)7-10-18/h13-15,17,19H,4-12H2,1-3H3. The van der Waals surface area contributed by atoms with E-state index in [0.29, 0.717) is 24.0 Å². The van der Waals surface area contributed by atoms with Gasteiger partial charge < -0.3 is 15.3 Å². The van der Waals surface area contributed by atoms with Gasteiger partial charge in [0.15, 0.2) is 0 Å². The molecule has 2 atom stereocenters. The number of rotatable bonds is 4. The van der Waals surface area contributed by atoms with Gasteiger partial charge in [0.05, 0.1) is 0 Å². The summed E-state index contributed by atoms with van der Waals surface area (Å²) in [4.78, 5) is 2.63. The van der Waals surface area contributed by atoms with Gasteiger partial charge in [0.1, 0.15) is 0 Å². The van der Waals surface area contributed by atoms with Crippen molar-refractivity contribution in [2.45, 2.75) is 52.0 Å². The molecular formula is C16H32N2O. The first kappa shape index (κ1) is 15.3. The Balaban J connectivity index is 1.87. The summed E-state index contributed by atoms with van der Waals surface area (Å²) in [6, 6.07) is 0.650. The Morgan fingerprint density at radius 1 is 1.21 bits per heavy atom. The van der Waals surface area contributed by atoms with Crippen LogP contribution in [0.3, 0.4) is 0 Å². The van der Waals surface area contributed by atoms with E-state index in [1.165, 1.54) is 51.7 Å². The number of likely N-dealkylation sites (tertiary alicyclic amines) is 1. The van der Waals surface area contributed by atoms with Crippen LogP contribution in [0.25, 0.3) is 0 Å². The highest BCUT2D eigenvalue weighted by Crippen LogP contribution is 2.39. The molecule has 19 heavy (non-hydrogen) atoms. The van der Waals surface area contributed by atoms with Crippen LogP contribution in [-0.4, -0.2) is 49.3 Å². The Morgan fingerprint density at radius 2 is 1.89 bits per heavy atom. The summed E-state index contributed by atoms with van der Waals surface area (Å²) in [7, 11) is 2.13. The number of hydrogen-bond donors (Lipinski definition) is 2. The van der Waals surface area contributed by atoms with Crippen molar-refractivity contribution in [2.24, 2.45) is 17.3 Å². The summed E-state index contributed by atoms with van der Waals surface area (Å²) in [6.07, 6.45) is 6.45. The van der Waals surface area contributed by atoms with Gasteiger partial charge in [-0.15, -0.1) is 0 Å². The second-order valence-electron chi connectivity index (χ2n) is 7.33. The Hall–Kier alpha value is -0.120. The van der Waals surface area contributed by atoms with Gasteiger partial charge in [0, 0.05) is 19.2 Å². The molecule has 1 heterocycles. The van der Waals surface area contributed by atoms with Gasteiger partial charge in [0.25, 0.3) is 0 Å². The highest BCUT2D eigenvalue weighted by atomic mass is 16.3. The molecule has 1 saturated carbocycles. The molecule has 1 aliphatic carbocycles. The summed E-state index contributed by atoms with van der Waals surface area (Å²) in [6.45, 7) is 8.81. The highest BCUT2D eigenvalue weighted by molar-refractivity contribution is 4.94. The first-order valence-electron chi connectivity index (χ1n) is 8.07. The van der Waals surface area contributed by atoms with Gasteiger partial charge in [-0.05, 0) is 63.1 Å². The average Bonchev–Trinajstić information content (AvgIpc) is 2.39. The third-order valence-corrected chi connectivity index (χ3v) is 5.48. The lowest BCUT2D eigenvalue weighted by Crippen LogP contribution is -2.52. The second-order valence-corrected chi connectivity index (χ2v) is 7.33. The topological polar surface area (TPSA) is 35.5 Å². The van der Waals surface area contributed by atoms with E-state index in [-0.39, 0.29) is 0 Å². The van der Waals surface area contributed by atoms with Crippen LogP contribution in [0.4, 0.5) is 0 Å². The molecule has 3 heteroatoms. The Labute approximate surface area is 118 Å². The molecule has 2 aliphatic rings. The summed E-state index contributed by atoms with van der Waals surface area (Å²) in [5.74, 6) is 1.35. The minimum atomic E-state index is 0.378. The molecule has 1 saturated heterocycles. The van der Waals surface area contributed by atoms with E-state index in [0.717, 1.165) is 5.92 Å². The van der Waals surface area contributed by atoms with Crippen molar-refractivity contribution < 1.29 is 5.11 Å². The molecule has 0 spiro atoms.